The summed E-state index contributed by atoms with van der Waals surface area (Å²) in [6.45, 7) is 1.86. The second-order valence-corrected chi connectivity index (χ2v) is 4.78. The van der Waals surface area contributed by atoms with Crippen LogP contribution in [0.25, 0.3) is 6.08 Å². The van der Waals surface area contributed by atoms with E-state index in [2.05, 4.69) is 10.3 Å². The topological polar surface area (TPSA) is 65.8 Å². The lowest BCUT2D eigenvalue weighted by Crippen LogP contribution is -2.27. The number of pyridine rings is 1. The summed E-state index contributed by atoms with van der Waals surface area (Å²) in [5.41, 5.74) is 1.98. The second kappa shape index (κ2) is 7.23. The number of nitrogens with one attached hydrogen (secondary N) is 1. The number of hydrogen-bond donors (Lipinski definition) is 1. The quantitative estimate of drug-likeness (QED) is 0.528. The summed E-state index contributed by atoms with van der Waals surface area (Å²) in [6.07, 6.45) is 4.50. The first-order chi connectivity index (χ1) is 10.6. The van der Waals surface area contributed by atoms with E-state index in [1.165, 1.54) is 12.3 Å². The number of hydrogen-bond acceptors (Lipinski definition) is 3. The summed E-state index contributed by atoms with van der Waals surface area (Å²) in [7, 11) is 5.77. The van der Waals surface area contributed by atoms with Gasteiger partial charge in [0.15, 0.2) is 0 Å². The van der Waals surface area contributed by atoms with Gasteiger partial charge in [-0.1, -0.05) is 35.8 Å². The highest BCUT2D eigenvalue weighted by atomic mass is 16.1. The van der Waals surface area contributed by atoms with E-state index >= 15 is 0 Å². The fourth-order valence-electron chi connectivity index (χ4n) is 1.95. The molecular formula is C17H14BN3O. The van der Waals surface area contributed by atoms with Crippen molar-refractivity contribution < 1.29 is 4.79 Å². The van der Waals surface area contributed by atoms with Crippen molar-refractivity contribution in [2.75, 3.05) is 0 Å². The summed E-state index contributed by atoms with van der Waals surface area (Å²) in [5.74, 6) is -0.435. The number of benzene rings is 1. The number of aromatic nitrogens is 1. The van der Waals surface area contributed by atoms with E-state index in [1.807, 2.05) is 43.3 Å². The van der Waals surface area contributed by atoms with Gasteiger partial charge in [-0.3, -0.25) is 9.78 Å². The number of rotatable bonds is 4. The lowest BCUT2D eigenvalue weighted by atomic mass is 9.92. The molecule has 0 aliphatic heterocycles. The van der Waals surface area contributed by atoms with Gasteiger partial charge in [0.05, 0.1) is 6.04 Å². The van der Waals surface area contributed by atoms with E-state index in [-0.39, 0.29) is 11.6 Å². The van der Waals surface area contributed by atoms with Crippen LogP contribution in [0.1, 0.15) is 24.1 Å². The number of carbonyl (C=O) groups excluding carboxylic acids is 1. The van der Waals surface area contributed by atoms with Crippen LogP contribution in [0.15, 0.2) is 54.4 Å². The van der Waals surface area contributed by atoms with E-state index in [0.29, 0.717) is 11.0 Å². The minimum atomic E-state index is -0.435. The molecule has 0 spiro atoms. The van der Waals surface area contributed by atoms with E-state index in [1.54, 1.807) is 12.3 Å². The van der Waals surface area contributed by atoms with E-state index in [4.69, 9.17) is 7.85 Å². The molecule has 0 aliphatic carbocycles. The molecule has 0 bridgehead atoms. The molecule has 2 rings (SSSR count). The first-order valence-electron chi connectivity index (χ1n) is 6.79. The van der Waals surface area contributed by atoms with Crippen LogP contribution < -0.4 is 10.8 Å². The standard InChI is InChI=1S/C17H14BN3O/c1-12(13-5-3-2-4-6-13)21-17(22)15(10-19)9-14-7-8-20-11-16(14)18/h2-9,11-12H,1H3,(H,21,22)/b15-9+/t12-/m0/s1. The number of amides is 1. The predicted molar refractivity (Wildman–Crippen MR) is 86.2 cm³/mol. The monoisotopic (exact) mass is 287 g/mol. The van der Waals surface area contributed by atoms with Crippen molar-refractivity contribution in [2.24, 2.45) is 0 Å². The Labute approximate surface area is 130 Å². The number of carbonyl (C=O) groups is 1. The van der Waals surface area contributed by atoms with Gasteiger partial charge in [0, 0.05) is 12.4 Å². The summed E-state index contributed by atoms with van der Waals surface area (Å²) in [5, 5.41) is 12.0. The fraction of sp³-hybridized carbons (Fsp3) is 0.118. The maximum Gasteiger partial charge on any atom is 0.262 e. The molecule has 22 heavy (non-hydrogen) atoms. The molecule has 0 unspecified atom stereocenters. The number of nitriles is 1. The van der Waals surface area contributed by atoms with Crippen LogP contribution in [-0.4, -0.2) is 18.7 Å². The van der Waals surface area contributed by atoms with Gasteiger partial charge in [0.2, 0.25) is 0 Å². The minimum absolute atomic E-state index is 0.000631. The molecule has 0 saturated heterocycles. The molecule has 0 aliphatic rings. The molecule has 1 aromatic heterocycles. The highest BCUT2D eigenvalue weighted by Crippen LogP contribution is 2.12. The Hall–Kier alpha value is -2.87. The van der Waals surface area contributed by atoms with Gasteiger partial charge in [0.25, 0.3) is 5.91 Å². The summed E-state index contributed by atoms with van der Waals surface area (Å²) < 4.78 is 0. The van der Waals surface area contributed by atoms with Crippen molar-refractivity contribution >= 4 is 25.3 Å². The average Bonchev–Trinajstić information content (AvgIpc) is 2.54. The summed E-state index contributed by atoms with van der Waals surface area (Å²) in [4.78, 5) is 16.1. The van der Waals surface area contributed by atoms with Crippen LogP contribution in [0.4, 0.5) is 0 Å². The highest BCUT2D eigenvalue weighted by Gasteiger charge is 2.13. The lowest BCUT2D eigenvalue weighted by molar-refractivity contribution is -0.117. The second-order valence-electron chi connectivity index (χ2n) is 4.78. The van der Waals surface area contributed by atoms with Crippen LogP contribution in [-0.2, 0) is 4.79 Å². The molecule has 1 atom stereocenters. The molecule has 1 aromatic carbocycles. The Morgan fingerprint density at radius 3 is 2.73 bits per heavy atom. The third-order valence-electron chi connectivity index (χ3n) is 3.20. The first-order valence-corrected chi connectivity index (χ1v) is 6.79. The van der Waals surface area contributed by atoms with Crippen molar-refractivity contribution in [2.45, 2.75) is 13.0 Å². The minimum Gasteiger partial charge on any atom is -0.345 e. The van der Waals surface area contributed by atoms with Gasteiger partial charge in [0.1, 0.15) is 19.5 Å². The SMILES string of the molecule is [B]c1cnccc1/C=C(\C#N)C(=O)N[C@@H](C)c1ccccc1. The Balaban J connectivity index is 2.17. The molecule has 0 saturated carbocycles. The van der Waals surface area contributed by atoms with Gasteiger partial charge >= 0.3 is 0 Å². The molecule has 106 valence electrons. The fourth-order valence-corrected chi connectivity index (χ4v) is 1.95. The average molecular weight is 287 g/mol. The van der Waals surface area contributed by atoms with Gasteiger partial charge < -0.3 is 5.32 Å². The van der Waals surface area contributed by atoms with Crippen LogP contribution in [0.5, 0.6) is 0 Å². The van der Waals surface area contributed by atoms with Crippen LogP contribution in [0.3, 0.4) is 0 Å². The molecule has 1 heterocycles. The van der Waals surface area contributed by atoms with Gasteiger partial charge in [-0.25, -0.2) is 0 Å². The van der Waals surface area contributed by atoms with Gasteiger partial charge in [-0.2, -0.15) is 5.26 Å². The van der Waals surface area contributed by atoms with Crippen molar-refractivity contribution in [1.82, 2.24) is 10.3 Å². The van der Waals surface area contributed by atoms with Gasteiger partial charge in [-0.05, 0) is 30.2 Å². The third-order valence-corrected chi connectivity index (χ3v) is 3.20. The molecule has 2 radical (unpaired) electrons. The highest BCUT2D eigenvalue weighted by molar-refractivity contribution is 6.34. The maximum atomic E-state index is 12.2. The van der Waals surface area contributed by atoms with Crippen LogP contribution >= 0.6 is 0 Å². The Kier molecular flexibility index (Phi) is 5.10. The zero-order valence-electron chi connectivity index (χ0n) is 12.2. The normalized spacial score (nSPS) is 12.3. The van der Waals surface area contributed by atoms with Crippen molar-refractivity contribution in [3.8, 4) is 6.07 Å². The van der Waals surface area contributed by atoms with E-state index < -0.39 is 5.91 Å². The molecule has 5 heteroatoms. The van der Waals surface area contributed by atoms with Gasteiger partial charge in [-0.15, -0.1) is 0 Å². The Morgan fingerprint density at radius 1 is 1.36 bits per heavy atom. The molecule has 2 aromatic rings. The number of nitrogens with zero attached hydrogens (tertiary/aromatic N) is 2. The largest absolute Gasteiger partial charge is 0.345 e. The molecule has 1 amide bonds. The van der Waals surface area contributed by atoms with Crippen LogP contribution in [0.2, 0.25) is 0 Å². The van der Waals surface area contributed by atoms with Crippen molar-refractivity contribution in [3.63, 3.8) is 0 Å². The van der Waals surface area contributed by atoms with Crippen molar-refractivity contribution in [3.05, 3.63) is 65.5 Å². The zero-order chi connectivity index (χ0) is 15.9. The molecular weight excluding hydrogens is 273 g/mol. The maximum absolute atomic E-state index is 12.2. The lowest BCUT2D eigenvalue weighted by Gasteiger charge is -2.13. The molecule has 0 fully saturated rings. The van der Waals surface area contributed by atoms with E-state index in [9.17, 15) is 10.1 Å². The smallest absolute Gasteiger partial charge is 0.262 e. The van der Waals surface area contributed by atoms with E-state index in [0.717, 1.165) is 5.56 Å². The zero-order valence-corrected chi connectivity index (χ0v) is 12.2. The predicted octanol–water partition coefficient (Wildman–Crippen LogP) is 1.66. The van der Waals surface area contributed by atoms with Crippen LogP contribution in [0, 0.1) is 11.3 Å². The Morgan fingerprint density at radius 2 is 2.09 bits per heavy atom. The van der Waals surface area contributed by atoms with Crippen molar-refractivity contribution in [1.29, 1.82) is 5.26 Å². The summed E-state index contributed by atoms with van der Waals surface area (Å²) >= 11 is 0. The summed E-state index contributed by atoms with van der Waals surface area (Å²) in [6, 6.07) is 12.9. The third kappa shape index (κ3) is 3.83. The molecule has 1 N–H and O–H groups in total. The first kappa shape index (κ1) is 15.5. The molecule has 4 nitrogen and oxygen atoms in total. The Bertz CT molecular complexity index is 735.